The van der Waals surface area contributed by atoms with E-state index < -0.39 is 0 Å². The van der Waals surface area contributed by atoms with E-state index in [4.69, 9.17) is 23.2 Å². The Morgan fingerprint density at radius 1 is 1.32 bits per heavy atom. The zero-order chi connectivity index (χ0) is 13.8. The van der Waals surface area contributed by atoms with Crippen LogP contribution in [-0.2, 0) is 6.54 Å². The third-order valence-corrected chi connectivity index (χ3v) is 3.34. The van der Waals surface area contributed by atoms with E-state index in [1.54, 1.807) is 12.3 Å². The number of hydrogen-bond donors (Lipinski definition) is 1. The Hall–Kier alpha value is -1.10. The maximum atomic E-state index is 6.24. The highest BCUT2D eigenvalue weighted by Gasteiger charge is 2.19. The normalized spacial score (nSPS) is 12.6. The number of halogens is 2. The zero-order valence-corrected chi connectivity index (χ0v) is 12.4. The van der Waals surface area contributed by atoms with Crippen molar-refractivity contribution in [2.75, 3.05) is 6.54 Å². The Morgan fingerprint density at radius 2 is 2.11 bits per heavy atom. The standard InChI is InChI=1S/C13H16Cl2N4/c1-3-16-12(9-6-18-19(4-2)8-9)13-11(15)5-10(14)7-17-13/h5-8,12,16H,3-4H2,1-2H3. The van der Waals surface area contributed by atoms with E-state index in [0.717, 1.165) is 24.3 Å². The summed E-state index contributed by atoms with van der Waals surface area (Å²) in [6, 6.07) is 1.63. The second kappa shape index (κ2) is 6.37. The van der Waals surface area contributed by atoms with Crippen molar-refractivity contribution in [2.24, 2.45) is 0 Å². The quantitative estimate of drug-likeness (QED) is 0.921. The van der Waals surface area contributed by atoms with E-state index in [0.29, 0.717) is 10.0 Å². The van der Waals surface area contributed by atoms with Gasteiger partial charge in [0.15, 0.2) is 0 Å². The van der Waals surface area contributed by atoms with Crippen LogP contribution in [0.25, 0.3) is 0 Å². The molecule has 0 saturated carbocycles. The van der Waals surface area contributed by atoms with E-state index in [-0.39, 0.29) is 6.04 Å². The lowest BCUT2D eigenvalue weighted by atomic mass is 10.1. The van der Waals surface area contributed by atoms with Crippen molar-refractivity contribution in [3.63, 3.8) is 0 Å². The maximum absolute atomic E-state index is 6.24. The van der Waals surface area contributed by atoms with E-state index in [9.17, 15) is 0 Å². The second-order valence-electron chi connectivity index (χ2n) is 4.14. The van der Waals surface area contributed by atoms with Gasteiger partial charge in [0.2, 0.25) is 0 Å². The molecule has 0 bridgehead atoms. The Morgan fingerprint density at radius 3 is 2.68 bits per heavy atom. The van der Waals surface area contributed by atoms with Crippen molar-refractivity contribution in [1.82, 2.24) is 20.1 Å². The summed E-state index contributed by atoms with van der Waals surface area (Å²) in [5, 5.41) is 8.75. The second-order valence-corrected chi connectivity index (χ2v) is 4.98. The third kappa shape index (κ3) is 3.26. The van der Waals surface area contributed by atoms with Gasteiger partial charge in [-0.1, -0.05) is 30.1 Å². The molecule has 2 heterocycles. The Balaban J connectivity index is 2.38. The molecule has 2 rings (SSSR count). The first kappa shape index (κ1) is 14.3. The van der Waals surface area contributed by atoms with Gasteiger partial charge in [0.25, 0.3) is 0 Å². The minimum Gasteiger partial charge on any atom is -0.305 e. The Kier molecular flexibility index (Phi) is 4.80. The van der Waals surface area contributed by atoms with Crippen LogP contribution in [0.3, 0.4) is 0 Å². The van der Waals surface area contributed by atoms with Crippen LogP contribution in [0.15, 0.2) is 24.7 Å². The number of hydrogen-bond acceptors (Lipinski definition) is 3. The van der Waals surface area contributed by atoms with Crippen LogP contribution < -0.4 is 5.32 Å². The minimum atomic E-state index is -0.0740. The first-order valence-corrected chi connectivity index (χ1v) is 6.98. The molecule has 0 radical (unpaired) electrons. The van der Waals surface area contributed by atoms with Crippen LogP contribution in [0.2, 0.25) is 10.0 Å². The van der Waals surface area contributed by atoms with Gasteiger partial charge in [0, 0.05) is 24.5 Å². The predicted molar refractivity (Wildman–Crippen MR) is 77.7 cm³/mol. The molecule has 6 heteroatoms. The summed E-state index contributed by atoms with van der Waals surface area (Å²) in [5.41, 5.74) is 1.81. The van der Waals surface area contributed by atoms with Crippen molar-refractivity contribution in [1.29, 1.82) is 0 Å². The number of nitrogens with zero attached hydrogens (tertiary/aromatic N) is 3. The van der Waals surface area contributed by atoms with Crippen LogP contribution in [0.5, 0.6) is 0 Å². The highest BCUT2D eigenvalue weighted by molar-refractivity contribution is 6.34. The number of rotatable bonds is 5. The van der Waals surface area contributed by atoms with Crippen molar-refractivity contribution in [3.05, 3.63) is 46.0 Å². The molecule has 1 N–H and O–H groups in total. The predicted octanol–water partition coefficient (Wildman–Crippen LogP) is 3.30. The van der Waals surface area contributed by atoms with Gasteiger partial charge in [-0.05, 0) is 19.5 Å². The summed E-state index contributed by atoms with van der Waals surface area (Å²) >= 11 is 12.1. The molecule has 0 aromatic carbocycles. The largest absolute Gasteiger partial charge is 0.305 e. The molecule has 0 amide bonds. The zero-order valence-electron chi connectivity index (χ0n) is 10.9. The van der Waals surface area contributed by atoms with E-state index in [2.05, 4.69) is 15.4 Å². The molecule has 4 nitrogen and oxygen atoms in total. The van der Waals surface area contributed by atoms with E-state index >= 15 is 0 Å². The molecule has 0 aliphatic carbocycles. The van der Waals surface area contributed by atoms with Crippen LogP contribution >= 0.6 is 23.2 Å². The molecule has 1 atom stereocenters. The number of aryl methyl sites for hydroxylation is 1. The van der Waals surface area contributed by atoms with Crippen LogP contribution in [0.1, 0.15) is 31.1 Å². The summed E-state index contributed by atoms with van der Waals surface area (Å²) in [6.45, 7) is 5.73. The van der Waals surface area contributed by atoms with Gasteiger partial charge >= 0.3 is 0 Å². The highest BCUT2D eigenvalue weighted by atomic mass is 35.5. The summed E-state index contributed by atoms with van der Waals surface area (Å²) in [7, 11) is 0. The van der Waals surface area contributed by atoms with Gasteiger partial charge < -0.3 is 5.32 Å². The lowest BCUT2D eigenvalue weighted by Crippen LogP contribution is -2.23. The first-order chi connectivity index (χ1) is 9.15. The number of pyridine rings is 1. The monoisotopic (exact) mass is 298 g/mol. The fourth-order valence-electron chi connectivity index (χ4n) is 1.92. The maximum Gasteiger partial charge on any atom is 0.0806 e. The molecule has 1 unspecified atom stereocenters. The van der Waals surface area contributed by atoms with Gasteiger partial charge in [-0.2, -0.15) is 5.10 Å². The van der Waals surface area contributed by atoms with Gasteiger partial charge in [-0.15, -0.1) is 0 Å². The van der Waals surface area contributed by atoms with Gasteiger partial charge in [-0.3, -0.25) is 9.67 Å². The average Bonchev–Trinajstić information content (AvgIpc) is 2.85. The first-order valence-electron chi connectivity index (χ1n) is 6.22. The molecular weight excluding hydrogens is 283 g/mol. The lowest BCUT2D eigenvalue weighted by molar-refractivity contribution is 0.612. The molecule has 2 aromatic rings. The SMILES string of the molecule is CCNC(c1cnn(CC)c1)c1ncc(Cl)cc1Cl. The highest BCUT2D eigenvalue weighted by Crippen LogP contribution is 2.28. The molecule has 102 valence electrons. The molecule has 2 aromatic heterocycles. The smallest absolute Gasteiger partial charge is 0.0806 e. The molecule has 19 heavy (non-hydrogen) atoms. The molecule has 0 saturated heterocycles. The molecular formula is C13H16Cl2N4. The summed E-state index contributed by atoms with van der Waals surface area (Å²) in [6.07, 6.45) is 5.45. The Bertz CT molecular complexity index is 553. The average molecular weight is 299 g/mol. The lowest BCUT2D eigenvalue weighted by Gasteiger charge is -2.17. The third-order valence-electron chi connectivity index (χ3n) is 2.83. The van der Waals surface area contributed by atoms with Gasteiger partial charge in [0.05, 0.1) is 28.0 Å². The van der Waals surface area contributed by atoms with Crippen molar-refractivity contribution < 1.29 is 0 Å². The van der Waals surface area contributed by atoms with Crippen molar-refractivity contribution in [2.45, 2.75) is 26.4 Å². The molecule has 0 fully saturated rings. The summed E-state index contributed by atoms with van der Waals surface area (Å²) < 4.78 is 1.88. The topological polar surface area (TPSA) is 42.7 Å². The number of nitrogens with one attached hydrogen (secondary N) is 1. The fraction of sp³-hybridized carbons (Fsp3) is 0.385. The van der Waals surface area contributed by atoms with Crippen LogP contribution in [0.4, 0.5) is 0 Å². The van der Waals surface area contributed by atoms with Crippen LogP contribution in [0, 0.1) is 0 Å². The fourth-order valence-corrected chi connectivity index (χ4v) is 2.40. The van der Waals surface area contributed by atoms with Crippen molar-refractivity contribution in [3.8, 4) is 0 Å². The van der Waals surface area contributed by atoms with Crippen molar-refractivity contribution >= 4 is 23.2 Å². The van der Waals surface area contributed by atoms with Gasteiger partial charge in [0.1, 0.15) is 0 Å². The molecule has 0 spiro atoms. The number of aromatic nitrogens is 3. The summed E-state index contributed by atoms with van der Waals surface area (Å²) in [5.74, 6) is 0. The van der Waals surface area contributed by atoms with E-state index in [1.807, 2.05) is 30.9 Å². The molecule has 0 aliphatic heterocycles. The summed E-state index contributed by atoms with van der Waals surface area (Å²) in [4.78, 5) is 4.34. The minimum absolute atomic E-state index is 0.0740. The Labute approximate surface area is 122 Å². The van der Waals surface area contributed by atoms with Crippen LogP contribution in [-0.4, -0.2) is 21.3 Å². The van der Waals surface area contributed by atoms with Gasteiger partial charge in [-0.25, -0.2) is 0 Å². The van der Waals surface area contributed by atoms with E-state index in [1.165, 1.54) is 0 Å². The molecule has 0 aliphatic rings.